The van der Waals surface area contributed by atoms with Crippen molar-refractivity contribution >= 4 is 21.8 Å². The second-order valence-corrected chi connectivity index (χ2v) is 6.56. The van der Waals surface area contributed by atoms with Crippen LogP contribution in [-0.4, -0.2) is 17.3 Å². The number of fused-ring (bicyclic) bond motifs is 1. The minimum Gasteiger partial charge on any atom is -0.355 e. The maximum atomic E-state index is 11.8. The number of rotatable bonds is 4. The van der Waals surface area contributed by atoms with Crippen molar-refractivity contribution in [1.82, 2.24) is 5.32 Å². The quantitative estimate of drug-likeness (QED) is 0.782. The van der Waals surface area contributed by atoms with Gasteiger partial charge in [0.2, 0.25) is 5.91 Å². The first-order valence-corrected chi connectivity index (χ1v) is 7.10. The Morgan fingerprint density at radius 3 is 2.53 bits per heavy atom. The molecule has 0 radical (unpaired) electrons. The Kier molecular flexibility index (Phi) is 2.54. The first-order valence-electron chi connectivity index (χ1n) is 6.19. The fraction of sp³-hybridized carbons (Fsp3) is 0.917. The van der Waals surface area contributed by atoms with Crippen LogP contribution in [0.2, 0.25) is 0 Å². The van der Waals surface area contributed by atoms with Gasteiger partial charge in [-0.25, -0.2) is 0 Å². The van der Waals surface area contributed by atoms with E-state index in [0.29, 0.717) is 16.7 Å². The van der Waals surface area contributed by atoms with Crippen LogP contribution in [0.15, 0.2) is 0 Å². The lowest BCUT2D eigenvalue weighted by Crippen LogP contribution is -2.32. The first kappa shape index (κ1) is 10.1. The third kappa shape index (κ3) is 1.95. The summed E-state index contributed by atoms with van der Waals surface area (Å²) in [7, 11) is 0. The maximum Gasteiger partial charge on any atom is 0.223 e. The lowest BCUT2D eigenvalue weighted by atomic mass is 10.1. The fourth-order valence-corrected chi connectivity index (χ4v) is 3.84. The Labute approximate surface area is 99.3 Å². The predicted molar refractivity (Wildman–Crippen MR) is 62.8 cm³/mol. The summed E-state index contributed by atoms with van der Waals surface area (Å²) in [5.74, 6) is 3.04. The van der Waals surface area contributed by atoms with Crippen molar-refractivity contribution in [3.63, 3.8) is 0 Å². The Morgan fingerprint density at radius 1 is 1.27 bits per heavy atom. The molecule has 0 saturated heterocycles. The lowest BCUT2D eigenvalue weighted by molar-refractivity contribution is -0.123. The number of carbonyl (C=O) groups excluding carboxylic acids is 1. The Bertz CT molecular complexity index is 267. The zero-order valence-corrected chi connectivity index (χ0v) is 10.5. The van der Waals surface area contributed by atoms with Gasteiger partial charge >= 0.3 is 0 Å². The largest absolute Gasteiger partial charge is 0.355 e. The first-order chi connectivity index (χ1) is 7.27. The van der Waals surface area contributed by atoms with Crippen LogP contribution in [0.5, 0.6) is 0 Å². The highest BCUT2D eigenvalue weighted by molar-refractivity contribution is 9.09. The number of nitrogens with one attached hydrogen (secondary N) is 1. The van der Waals surface area contributed by atoms with Gasteiger partial charge in [-0.2, -0.15) is 0 Å². The number of alkyl halides is 1. The third-order valence-electron chi connectivity index (χ3n) is 4.31. The normalized spacial score (nSPS) is 39.7. The molecule has 3 aliphatic rings. The van der Waals surface area contributed by atoms with Gasteiger partial charge in [-0.05, 0) is 43.4 Å². The molecule has 0 aromatic rings. The van der Waals surface area contributed by atoms with Crippen LogP contribution in [-0.2, 0) is 4.79 Å². The Morgan fingerprint density at radius 2 is 1.93 bits per heavy atom. The zero-order valence-electron chi connectivity index (χ0n) is 8.92. The Balaban J connectivity index is 1.42. The number of amides is 1. The van der Waals surface area contributed by atoms with E-state index in [4.69, 9.17) is 0 Å². The summed E-state index contributed by atoms with van der Waals surface area (Å²) in [5, 5.41) is 3.11. The molecule has 3 atom stereocenters. The zero-order chi connectivity index (χ0) is 10.4. The standard InChI is InChI=1S/C12H18BrNO/c13-10(7-4-5-7)6-14-12(15)11-8-2-1-3-9(8)11/h7-11H,1-6H2,(H,14,15). The molecule has 0 bridgehead atoms. The van der Waals surface area contributed by atoms with E-state index in [9.17, 15) is 4.79 Å². The third-order valence-corrected chi connectivity index (χ3v) is 5.39. The number of halogens is 1. The second-order valence-electron chi connectivity index (χ2n) is 5.38. The van der Waals surface area contributed by atoms with Crippen LogP contribution < -0.4 is 5.32 Å². The van der Waals surface area contributed by atoms with E-state index in [-0.39, 0.29) is 0 Å². The molecule has 0 spiro atoms. The lowest BCUT2D eigenvalue weighted by Gasteiger charge is -2.10. The maximum absolute atomic E-state index is 11.8. The minimum absolute atomic E-state index is 0.329. The molecule has 84 valence electrons. The molecule has 3 rings (SSSR count). The van der Waals surface area contributed by atoms with Crippen molar-refractivity contribution < 1.29 is 4.79 Å². The topological polar surface area (TPSA) is 29.1 Å². The minimum atomic E-state index is 0.329. The van der Waals surface area contributed by atoms with Crippen LogP contribution in [0.25, 0.3) is 0 Å². The summed E-state index contributed by atoms with van der Waals surface area (Å²) < 4.78 is 0. The average Bonchev–Trinajstić information content (AvgIpc) is 3.14. The van der Waals surface area contributed by atoms with Gasteiger partial charge in [0.15, 0.2) is 0 Å². The summed E-state index contributed by atoms with van der Waals surface area (Å²) in [6.45, 7) is 0.833. The van der Waals surface area contributed by atoms with Crippen LogP contribution in [0.3, 0.4) is 0 Å². The molecule has 3 saturated carbocycles. The van der Waals surface area contributed by atoms with E-state index in [2.05, 4.69) is 21.2 Å². The molecule has 3 unspecified atom stereocenters. The van der Waals surface area contributed by atoms with E-state index in [1.165, 1.54) is 32.1 Å². The summed E-state index contributed by atoms with van der Waals surface area (Å²) in [4.78, 5) is 12.3. The van der Waals surface area contributed by atoms with Crippen molar-refractivity contribution in [2.75, 3.05) is 6.54 Å². The molecule has 0 aromatic carbocycles. The van der Waals surface area contributed by atoms with Gasteiger partial charge in [-0.3, -0.25) is 4.79 Å². The summed E-state index contributed by atoms with van der Waals surface area (Å²) in [5.41, 5.74) is 0. The van der Waals surface area contributed by atoms with Crippen LogP contribution >= 0.6 is 15.9 Å². The van der Waals surface area contributed by atoms with Crippen molar-refractivity contribution in [3.8, 4) is 0 Å². The van der Waals surface area contributed by atoms with Gasteiger partial charge in [-0.15, -0.1) is 0 Å². The van der Waals surface area contributed by atoms with Crippen molar-refractivity contribution in [2.45, 2.75) is 36.9 Å². The summed E-state index contributed by atoms with van der Waals surface area (Å²) in [6.07, 6.45) is 6.61. The molecule has 3 aliphatic carbocycles. The smallest absolute Gasteiger partial charge is 0.223 e. The molecule has 0 aromatic heterocycles. The highest BCUT2D eigenvalue weighted by Gasteiger charge is 2.56. The molecule has 3 fully saturated rings. The second kappa shape index (κ2) is 3.76. The van der Waals surface area contributed by atoms with E-state index < -0.39 is 0 Å². The van der Waals surface area contributed by atoms with E-state index in [0.717, 1.165) is 24.3 Å². The van der Waals surface area contributed by atoms with E-state index >= 15 is 0 Å². The van der Waals surface area contributed by atoms with Gasteiger partial charge < -0.3 is 5.32 Å². The van der Waals surface area contributed by atoms with Gasteiger partial charge in [0.1, 0.15) is 0 Å². The number of carbonyl (C=O) groups is 1. The van der Waals surface area contributed by atoms with E-state index in [1.807, 2.05) is 0 Å². The SMILES string of the molecule is O=C(NCC(Br)C1CC1)C1C2CCCC21. The molecule has 3 heteroatoms. The fourth-order valence-electron chi connectivity index (χ4n) is 3.15. The monoisotopic (exact) mass is 271 g/mol. The molecule has 1 amide bonds. The van der Waals surface area contributed by atoms with Gasteiger partial charge in [0.25, 0.3) is 0 Å². The van der Waals surface area contributed by atoms with Crippen molar-refractivity contribution in [3.05, 3.63) is 0 Å². The predicted octanol–water partition coefficient (Wildman–Crippen LogP) is 2.32. The van der Waals surface area contributed by atoms with Crippen LogP contribution in [0.4, 0.5) is 0 Å². The average molecular weight is 272 g/mol. The molecule has 1 N–H and O–H groups in total. The molecule has 2 nitrogen and oxygen atoms in total. The molecule has 15 heavy (non-hydrogen) atoms. The van der Waals surface area contributed by atoms with Gasteiger partial charge in [-0.1, -0.05) is 22.4 Å². The van der Waals surface area contributed by atoms with Crippen LogP contribution in [0, 0.1) is 23.7 Å². The van der Waals surface area contributed by atoms with Gasteiger partial charge in [0, 0.05) is 17.3 Å². The van der Waals surface area contributed by atoms with Crippen molar-refractivity contribution in [2.24, 2.45) is 23.7 Å². The van der Waals surface area contributed by atoms with E-state index in [1.54, 1.807) is 0 Å². The summed E-state index contributed by atoms with van der Waals surface area (Å²) >= 11 is 3.65. The summed E-state index contributed by atoms with van der Waals surface area (Å²) in [6, 6.07) is 0. The van der Waals surface area contributed by atoms with Crippen LogP contribution in [0.1, 0.15) is 32.1 Å². The van der Waals surface area contributed by atoms with Gasteiger partial charge in [0.05, 0.1) is 0 Å². The number of hydrogen-bond donors (Lipinski definition) is 1. The number of hydrogen-bond acceptors (Lipinski definition) is 1. The highest BCUT2D eigenvalue weighted by Crippen LogP contribution is 2.57. The highest BCUT2D eigenvalue weighted by atomic mass is 79.9. The molecule has 0 heterocycles. The molecular weight excluding hydrogens is 254 g/mol. The van der Waals surface area contributed by atoms with Crippen molar-refractivity contribution in [1.29, 1.82) is 0 Å². The molecule has 0 aliphatic heterocycles. The Hall–Kier alpha value is -0.0500. The molecular formula is C12H18BrNO.